The second-order valence-electron chi connectivity index (χ2n) is 5.41. The number of anilines is 1. The first-order valence-electron chi connectivity index (χ1n) is 7.32. The molecule has 0 amide bonds. The van der Waals surface area contributed by atoms with Crippen molar-refractivity contribution in [2.75, 3.05) is 4.72 Å². The van der Waals surface area contributed by atoms with Gasteiger partial charge in [-0.05, 0) is 37.1 Å². The fourth-order valence-corrected chi connectivity index (χ4v) is 3.52. The number of fused-ring (bicyclic) bond motifs is 1. The van der Waals surface area contributed by atoms with Crippen LogP contribution in [0.1, 0.15) is 18.2 Å². The Morgan fingerprint density at radius 1 is 1.22 bits per heavy atom. The van der Waals surface area contributed by atoms with Gasteiger partial charge in [0.1, 0.15) is 0 Å². The molecule has 6 nitrogen and oxygen atoms in total. The molecule has 0 aliphatic rings. The molecule has 0 aliphatic heterocycles. The number of hydrogen-bond donors (Lipinski definition) is 1. The van der Waals surface area contributed by atoms with Gasteiger partial charge in [-0.2, -0.15) is 5.10 Å². The van der Waals surface area contributed by atoms with Crippen LogP contribution in [-0.4, -0.2) is 23.2 Å². The van der Waals surface area contributed by atoms with Gasteiger partial charge in [0.15, 0.2) is 5.65 Å². The normalized spacial score (nSPS) is 11.8. The largest absolute Gasteiger partial charge is 0.278 e. The summed E-state index contributed by atoms with van der Waals surface area (Å²) >= 11 is 0. The van der Waals surface area contributed by atoms with Crippen molar-refractivity contribution in [3.8, 4) is 0 Å². The molecule has 2 heterocycles. The van der Waals surface area contributed by atoms with Crippen LogP contribution in [0.15, 0.2) is 41.4 Å². The van der Waals surface area contributed by atoms with Gasteiger partial charge in [0.25, 0.3) is 10.0 Å². The van der Waals surface area contributed by atoms with Gasteiger partial charge in [-0.3, -0.25) is 9.40 Å². The van der Waals surface area contributed by atoms with Crippen LogP contribution in [0.4, 0.5) is 5.69 Å². The van der Waals surface area contributed by atoms with Crippen molar-refractivity contribution >= 4 is 26.7 Å². The smallest absolute Gasteiger partial charge is 0.261 e. The van der Waals surface area contributed by atoms with Crippen molar-refractivity contribution < 1.29 is 8.42 Å². The van der Waals surface area contributed by atoms with Crippen molar-refractivity contribution in [1.82, 2.24) is 14.8 Å². The molecular weight excluding hydrogens is 312 g/mol. The van der Waals surface area contributed by atoms with Gasteiger partial charge < -0.3 is 0 Å². The van der Waals surface area contributed by atoms with Crippen LogP contribution in [0, 0.1) is 6.92 Å². The maximum atomic E-state index is 12.5. The minimum atomic E-state index is -3.63. The molecule has 0 atom stereocenters. The predicted molar refractivity (Wildman–Crippen MR) is 89.9 cm³/mol. The van der Waals surface area contributed by atoms with E-state index in [1.165, 1.54) is 6.20 Å². The van der Waals surface area contributed by atoms with E-state index in [4.69, 9.17) is 0 Å². The molecule has 1 aromatic carbocycles. The Balaban J connectivity index is 1.94. The average Bonchev–Trinajstić information content (AvgIpc) is 2.81. The van der Waals surface area contributed by atoms with Gasteiger partial charge in [-0.25, -0.2) is 13.4 Å². The number of nitrogens with zero attached hydrogens (tertiary/aromatic N) is 3. The van der Waals surface area contributed by atoms with Gasteiger partial charge in [0.05, 0.1) is 22.5 Å². The minimum Gasteiger partial charge on any atom is -0.278 e. The lowest BCUT2D eigenvalue weighted by atomic mass is 10.2. The van der Waals surface area contributed by atoms with Crippen LogP contribution in [-0.2, 0) is 23.5 Å². The van der Waals surface area contributed by atoms with Crippen LogP contribution < -0.4 is 4.72 Å². The molecule has 2 aromatic heterocycles. The molecule has 0 radical (unpaired) electrons. The first-order valence-corrected chi connectivity index (χ1v) is 8.80. The van der Waals surface area contributed by atoms with Gasteiger partial charge in [-0.15, -0.1) is 0 Å². The third-order valence-corrected chi connectivity index (χ3v) is 5.15. The molecule has 23 heavy (non-hydrogen) atoms. The van der Waals surface area contributed by atoms with Crippen molar-refractivity contribution in [1.29, 1.82) is 0 Å². The average molecular weight is 330 g/mol. The summed E-state index contributed by atoms with van der Waals surface area (Å²) in [4.78, 5) is 4.51. The lowest BCUT2D eigenvalue weighted by molar-refractivity contribution is 0.601. The molecule has 0 unspecified atom stereocenters. The Kier molecular flexibility index (Phi) is 3.81. The Labute approximate surface area is 135 Å². The number of aromatic nitrogens is 3. The van der Waals surface area contributed by atoms with E-state index < -0.39 is 10.0 Å². The van der Waals surface area contributed by atoms with Crippen LogP contribution >= 0.6 is 0 Å². The summed E-state index contributed by atoms with van der Waals surface area (Å²) in [7, 11) is -1.82. The van der Waals surface area contributed by atoms with E-state index in [1.54, 1.807) is 22.9 Å². The lowest BCUT2D eigenvalue weighted by Crippen LogP contribution is -2.13. The molecule has 7 heteroatoms. The highest BCUT2D eigenvalue weighted by atomic mass is 32.2. The molecule has 0 saturated heterocycles. The monoisotopic (exact) mass is 330 g/mol. The molecule has 3 rings (SSSR count). The van der Waals surface area contributed by atoms with Crippen molar-refractivity contribution in [2.24, 2.45) is 7.05 Å². The third kappa shape index (κ3) is 2.92. The summed E-state index contributed by atoms with van der Waals surface area (Å²) in [6.07, 6.45) is 2.37. The molecular formula is C16H18N4O2S. The first kappa shape index (κ1) is 15.5. The second kappa shape index (κ2) is 5.66. The van der Waals surface area contributed by atoms with E-state index in [9.17, 15) is 8.42 Å². The second-order valence-corrected chi connectivity index (χ2v) is 7.09. The maximum absolute atomic E-state index is 12.5. The van der Waals surface area contributed by atoms with Crippen molar-refractivity contribution in [2.45, 2.75) is 25.2 Å². The molecule has 3 aromatic rings. The standard InChI is InChI=1S/C16H18N4O2S/c1-4-12-5-7-14(8-6-12)23(21,22)19-13-9-15-11(2)18-20(3)16(15)17-10-13/h5-10,19H,4H2,1-3H3. The van der Waals surface area contributed by atoms with Crippen molar-refractivity contribution in [3.05, 3.63) is 47.8 Å². The zero-order valence-electron chi connectivity index (χ0n) is 13.2. The van der Waals surface area contributed by atoms with E-state index in [0.29, 0.717) is 5.69 Å². The highest BCUT2D eigenvalue weighted by Gasteiger charge is 2.15. The third-order valence-electron chi connectivity index (χ3n) is 3.76. The molecule has 120 valence electrons. The maximum Gasteiger partial charge on any atom is 0.261 e. The highest BCUT2D eigenvalue weighted by molar-refractivity contribution is 7.92. The number of aryl methyl sites for hydroxylation is 3. The number of nitrogens with one attached hydrogen (secondary N) is 1. The summed E-state index contributed by atoms with van der Waals surface area (Å²) in [6.45, 7) is 3.89. The fraction of sp³-hybridized carbons (Fsp3) is 0.250. The van der Waals surface area contributed by atoms with Crippen LogP contribution in [0.5, 0.6) is 0 Å². The van der Waals surface area contributed by atoms with E-state index in [0.717, 1.165) is 28.7 Å². The van der Waals surface area contributed by atoms with Gasteiger partial charge >= 0.3 is 0 Å². The number of benzene rings is 1. The molecule has 1 N–H and O–H groups in total. The molecule has 0 fully saturated rings. The zero-order chi connectivity index (χ0) is 16.6. The zero-order valence-corrected chi connectivity index (χ0v) is 14.1. The number of rotatable bonds is 4. The summed E-state index contributed by atoms with van der Waals surface area (Å²) in [5.41, 5.74) is 3.05. The molecule has 0 bridgehead atoms. The van der Waals surface area contributed by atoms with Gasteiger partial charge in [0, 0.05) is 12.4 Å². The van der Waals surface area contributed by atoms with Crippen molar-refractivity contribution in [3.63, 3.8) is 0 Å². The van der Waals surface area contributed by atoms with E-state index in [1.807, 2.05) is 33.0 Å². The molecule has 0 spiro atoms. The fourth-order valence-electron chi connectivity index (χ4n) is 2.48. The molecule has 0 aliphatic carbocycles. The van der Waals surface area contributed by atoms with Gasteiger partial charge in [-0.1, -0.05) is 19.1 Å². The lowest BCUT2D eigenvalue weighted by Gasteiger charge is -2.08. The van der Waals surface area contributed by atoms with E-state index >= 15 is 0 Å². The van der Waals surface area contributed by atoms with Crippen LogP contribution in [0.3, 0.4) is 0 Å². The topological polar surface area (TPSA) is 76.9 Å². The summed E-state index contributed by atoms with van der Waals surface area (Å²) in [5.74, 6) is 0. The number of pyridine rings is 1. The molecule has 0 saturated carbocycles. The Morgan fingerprint density at radius 2 is 1.91 bits per heavy atom. The number of hydrogen-bond acceptors (Lipinski definition) is 4. The number of sulfonamides is 1. The summed E-state index contributed by atoms with van der Waals surface area (Å²) in [5, 5.41) is 5.11. The Hall–Kier alpha value is -2.41. The van der Waals surface area contributed by atoms with E-state index in [-0.39, 0.29) is 4.90 Å². The predicted octanol–water partition coefficient (Wildman–Crippen LogP) is 2.64. The SMILES string of the molecule is CCc1ccc(S(=O)(=O)Nc2cnc3c(c2)c(C)nn3C)cc1. The van der Waals surface area contributed by atoms with Gasteiger partial charge in [0.2, 0.25) is 0 Å². The van der Waals surface area contributed by atoms with Crippen LogP contribution in [0.2, 0.25) is 0 Å². The van der Waals surface area contributed by atoms with E-state index in [2.05, 4.69) is 14.8 Å². The summed E-state index contributed by atoms with van der Waals surface area (Å²) < 4.78 is 29.2. The van der Waals surface area contributed by atoms with Crippen LogP contribution in [0.25, 0.3) is 11.0 Å². The first-order chi connectivity index (χ1) is 10.9. The highest BCUT2D eigenvalue weighted by Crippen LogP contribution is 2.22. The quantitative estimate of drug-likeness (QED) is 0.798. The Morgan fingerprint density at radius 3 is 2.57 bits per heavy atom. The minimum absolute atomic E-state index is 0.234. The Bertz CT molecular complexity index is 960. The summed E-state index contributed by atoms with van der Waals surface area (Å²) in [6, 6.07) is 8.62.